The molecule has 0 saturated carbocycles. The van der Waals surface area contributed by atoms with Crippen LogP contribution in [0.1, 0.15) is 11.1 Å². The number of hydrazone groups is 1. The average Bonchev–Trinajstić information content (AvgIpc) is 3.30. The van der Waals surface area contributed by atoms with E-state index >= 15 is 0 Å². The second-order valence-corrected chi connectivity index (χ2v) is 11.1. The van der Waals surface area contributed by atoms with Gasteiger partial charge in [0.2, 0.25) is 0 Å². The number of thiocarbonyl (C=S) groups is 1. The Morgan fingerprint density at radius 2 is 1.73 bits per heavy atom. The topological polar surface area (TPSA) is 82.1 Å². The zero-order valence-corrected chi connectivity index (χ0v) is 23.0. The van der Waals surface area contributed by atoms with Crippen LogP contribution in [0, 0.1) is 0 Å². The third-order valence-electron chi connectivity index (χ3n) is 5.00. The van der Waals surface area contributed by atoms with Gasteiger partial charge in [0.15, 0.2) is 5.17 Å². The Balaban J connectivity index is 1.45. The van der Waals surface area contributed by atoms with Crippen LogP contribution in [0.3, 0.4) is 0 Å². The van der Waals surface area contributed by atoms with E-state index in [1.54, 1.807) is 36.4 Å². The van der Waals surface area contributed by atoms with E-state index in [0.717, 1.165) is 29.1 Å². The summed E-state index contributed by atoms with van der Waals surface area (Å²) in [6, 6.07) is 14.3. The molecular formula is C25H18Cl2N4O3S3. The van der Waals surface area contributed by atoms with Gasteiger partial charge >= 0.3 is 0 Å². The first-order valence-electron chi connectivity index (χ1n) is 10.7. The zero-order chi connectivity index (χ0) is 26.5. The summed E-state index contributed by atoms with van der Waals surface area (Å²) in [7, 11) is 0. The molecule has 2 aliphatic heterocycles. The fourth-order valence-electron chi connectivity index (χ4n) is 3.27. The molecule has 0 spiro atoms. The Labute approximate surface area is 237 Å². The molecule has 7 nitrogen and oxygen atoms in total. The minimum absolute atomic E-state index is 0.186. The summed E-state index contributed by atoms with van der Waals surface area (Å²) in [5, 5.41) is 5.25. The van der Waals surface area contributed by atoms with Crippen molar-refractivity contribution >= 4 is 98.3 Å². The molecule has 12 heteroatoms. The Kier molecular flexibility index (Phi) is 8.88. The van der Waals surface area contributed by atoms with Crippen molar-refractivity contribution in [2.45, 2.75) is 0 Å². The number of hydrogen-bond acceptors (Lipinski definition) is 7. The number of thioether (sulfide) groups is 2. The highest BCUT2D eigenvalue weighted by Gasteiger charge is 2.35. The number of amidine groups is 1. The van der Waals surface area contributed by atoms with Gasteiger partial charge in [-0.25, -0.2) is 5.43 Å². The highest BCUT2D eigenvalue weighted by atomic mass is 35.5. The van der Waals surface area contributed by atoms with E-state index in [1.165, 1.54) is 9.80 Å². The number of hydrogen-bond donors (Lipinski definition) is 1. The Morgan fingerprint density at radius 3 is 2.43 bits per heavy atom. The summed E-state index contributed by atoms with van der Waals surface area (Å²) in [4.78, 5) is 41.7. The summed E-state index contributed by atoms with van der Waals surface area (Å²) in [5.74, 6) is -1.23. The lowest BCUT2D eigenvalue weighted by Crippen LogP contribution is -2.39. The molecule has 2 heterocycles. The number of carbonyl (C=O) groups excluding carboxylic acids is 3. The number of amides is 3. The second-order valence-electron chi connectivity index (χ2n) is 7.59. The summed E-state index contributed by atoms with van der Waals surface area (Å²) in [6.07, 6.45) is 4.91. The molecule has 4 rings (SSSR count). The number of nitrogens with zero attached hydrogens (tertiary/aromatic N) is 3. The molecule has 2 aromatic rings. The van der Waals surface area contributed by atoms with Crippen molar-refractivity contribution in [2.75, 3.05) is 13.1 Å². The van der Waals surface area contributed by atoms with E-state index in [2.05, 4.69) is 17.1 Å². The molecular weight excluding hydrogens is 571 g/mol. The van der Waals surface area contributed by atoms with E-state index in [1.807, 2.05) is 30.3 Å². The van der Waals surface area contributed by atoms with Crippen molar-refractivity contribution < 1.29 is 14.4 Å². The van der Waals surface area contributed by atoms with Crippen molar-refractivity contribution in [3.63, 3.8) is 0 Å². The lowest BCUT2D eigenvalue weighted by Gasteiger charge is -2.14. The smallest absolute Gasteiger partial charge is 0.267 e. The largest absolute Gasteiger partial charge is 0.283 e. The Bertz CT molecular complexity index is 1390. The quantitative estimate of drug-likeness (QED) is 0.202. The standard InChI is InChI=1S/C25H18Cl2N4O3S3/c1-2-10-30-22(33)20(12-16-8-9-17(26)13-18(16)27)36-24(30)29-28-21(32)14-31-23(34)19(37-25(31)35)11-15-6-4-3-5-7-15/h2-9,11-13H,1,10,14H2,(H,28,32)/b19-11-,20-12+,29-24-. The molecule has 0 aromatic heterocycles. The number of nitrogens with one attached hydrogen (secondary N) is 1. The van der Waals surface area contributed by atoms with Gasteiger partial charge in [-0.15, -0.1) is 11.7 Å². The SMILES string of the molecule is C=CCN1C(=O)/C(=C\c2ccc(Cl)cc2Cl)S/C1=N\NC(=O)CN1C(=O)/C(=C/c2ccccc2)SC1=S. The molecule has 2 fully saturated rings. The van der Waals surface area contributed by atoms with Gasteiger partial charge in [-0.05, 0) is 47.2 Å². The third-order valence-corrected chi connectivity index (χ3v) is 7.94. The number of benzene rings is 2. The van der Waals surface area contributed by atoms with Crippen molar-refractivity contribution in [3.8, 4) is 0 Å². The van der Waals surface area contributed by atoms with Gasteiger partial charge in [-0.1, -0.05) is 89.7 Å². The normalized spacial score (nSPS) is 19.0. The van der Waals surface area contributed by atoms with Crippen LogP contribution >= 0.6 is 58.9 Å². The van der Waals surface area contributed by atoms with Gasteiger partial charge in [-0.3, -0.25) is 24.2 Å². The minimum atomic E-state index is -0.561. The van der Waals surface area contributed by atoms with Crippen molar-refractivity contribution in [1.82, 2.24) is 15.2 Å². The van der Waals surface area contributed by atoms with Crippen LogP contribution in [0.5, 0.6) is 0 Å². The summed E-state index contributed by atoms with van der Waals surface area (Å²) < 4.78 is 0.277. The molecule has 0 aliphatic carbocycles. The average molecular weight is 590 g/mol. The zero-order valence-electron chi connectivity index (χ0n) is 19.0. The van der Waals surface area contributed by atoms with Crippen molar-refractivity contribution in [2.24, 2.45) is 5.10 Å². The van der Waals surface area contributed by atoms with Gasteiger partial charge in [0.1, 0.15) is 10.9 Å². The van der Waals surface area contributed by atoms with Crippen LogP contribution in [0.15, 0.2) is 76.1 Å². The first-order valence-corrected chi connectivity index (χ1v) is 13.5. The molecule has 2 aliphatic rings. The minimum Gasteiger partial charge on any atom is -0.283 e. The predicted molar refractivity (Wildman–Crippen MR) is 156 cm³/mol. The van der Waals surface area contributed by atoms with E-state index in [4.69, 9.17) is 35.4 Å². The van der Waals surface area contributed by atoms with Crippen LogP contribution in [0.2, 0.25) is 10.0 Å². The summed E-state index contributed by atoms with van der Waals surface area (Å²) in [6.45, 7) is 3.55. The highest BCUT2D eigenvalue weighted by molar-refractivity contribution is 8.26. The van der Waals surface area contributed by atoms with Gasteiger partial charge in [0.25, 0.3) is 17.7 Å². The van der Waals surface area contributed by atoms with Crippen LogP contribution in [0.25, 0.3) is 12.2 Å². The molecule has 1 N–H and O–H groups in total. The second kappa shape index (κ2) is 12.1. The van der Waals surface area contributed by atoms with Gasteiger partial charge < -0.3 is 0 Å². The number of carbonyl (C=O) groups is 3. The van der Waals surface area contributed by atoms with Crippen LogP contribution in [-0.4, -0.2) is 50.1 Å². The van der Waals surface area contributed by atoms with Crippen LogP contribution < -0.4 is 5.43 Å². The monoisotopic (exact) mass is 588 g/mol. The molecule has 0 radical (unpaired) electrons. The third kappa shape index (κ3) is 6.52. The summed E-state index contributed by atoms with van der Waals surface area (Å²) >= 11 is 19.7. The van der Waals surface area contributed by atoms with E-state index in [-0.39, 0.29) is 34.4 Å². The Hall–Kier alpha value is -2.89. The number of halogens is 2. The molecule has 37 heavy (non-hydrogen) atoms. The van der Waals surface area contributed by atoms with Crippen LogP contribution in [0.4, 0.5) is 0 Å². The van der Waals surface area contributed by atoms with Gasteiger partial charge in [-0.2, -0.15) is 0 Å². The fraction of sp³-hybridized carbons (Fsp3) is 0.0800. The highest BCUT2D eigenvalue weighted by Crippen LogP contribution is 2.34. The molecule has 3 amide bonds. The van der Waals surface area contributed by atoms with Gasteiger partial charge in [0, 0.05) is 16.6 Å². The number of rotatable bonds is 7. The molecule has 2 saturated heterocycles. The van der Waals surface area contributed by atoms with Crippen LogP contribution in [-0.2, 0) is 14.4 Å². The first-order chi connectivity index (χ1) is 17.8. The summed E-state index contributed by atoms with van der Waals surface area (Å²) in [5.41, 5.74) is 3.89. The Morgan fingerprint density at radius 1 is 1.03 bits per heavy atom. The van der Waals surface area contributed by atoms with E-state index in [0.29, 0.717) is 25.4 Å². The molecule has 188 valence electrons. The molecule has 2 aromatic carbocycles. The van der Waals surface area contributed by atoms with Crippen molar-refractivity contribution in [3.05, 3.63) is 92.2 Å². The maximum Gasteiger partial charge on any atom is 0.267 e. The lowest BCUT2D eigenvalue weighted by molar-refractivity contribution is -0.128. The molecule has 0 unspecified atom stereocenters. The molecule has 0 atom stereocenters. The van der Waals surface area contributed by atoms with E-state index in [9.17, 15) is 14.4 Å². The predicted octanol–water partition coefficient (Wildman–Crippen LogP) is 5.38. The van der Waals surface area contributed by atoms with Crippen molar-refractivity contribution in [1.29, 1.82) is 0 Å². The lowest BCUT2D eigenvalue weighted by atomic mass is 10.2. The maximum atomic E-state index is 12.9. The fourth-order valence-corrected chi connectivity index (χ4v) is 5.92. The van der Waals surface area contributed by atoms with E-state index < -0.39 is 5.91 Å². The first kappa shape index (κ1) is 27.2. The maximum absolute atomic E-state index is 12.9. The van der Waals surface area contributed by atoms with Gasteiger partial charge in [0.05, 0.1) is 9.81 Å². The molecule has 0 bridgehead atoms.